The molecule has 0 radical (unpaired) electrons. The van der Waals surface area contributed by atoms with Gasteiger partial charge in [-0.15, -0.1) is 10.2 Å². The SMILES string of the molecule is C[C@H]1CN(C(=O)[C@@](C)(O)C(F)(F)F)CC[C@H]1C1(c2nnc(-c3ccccc3)[nH]2)CC1. The van der Waals surface area contributed by atoms with Crippen molar-refractivity contribution in [2.45, 2.75) is 50.3 Å². The first-order valence-corrected chi connectivity index (χ1v) is 10.1. The van der Waals surface area contributed by atoms with Gasteiger partial charge in [0.25, 0.3) is 5.91 Å². The topological polar surface area (TPSA) is 82.1 Å². The van der Waals surface area contributed by atoms with Crippen LogP contribution in [0.4, 0.5) is 13.2 Å². The van der Waals surface area contributed by atoms with Gasteiger partial charge in [-0.25, -0.2) is 0 Å². The number of alkyl halides is 3. The molecule has 1 saturated heterocycles. The fourth-order valence-electron chi connectivity index (χ4n) is 4.71. The van der Waals surface area contributed by atoms with Crippen LogP contribution in [0.25, 0.3) is 11.4 Å². The number of nitrogens with zero attached hydrogens (tertiary/aromatic N) is 3. The number of likely N-dealkylation sites (tertiary alicyclic amines) is 1. The summed E-state index contributed by atoms with van der Waals surface area (Å²) in [5.41, 5.74) is -2.61. The van der Waals surface area contributed by atoms with Crippen molar-refractivity contribution in [1.29, 1.82) is 0 Å². The van der Waals surface area contributed by atoms with Crippen molar-refractivity contribution >= 4 is 5.91 Å². The normalized spacial score (nSPS) is 25.6. The number of nitrogens with one attached hydrogen (secondary N) is 1. The fourth-order valence-corrected chi connectivity index (χ4v) is 4.71. The molecule has 162 valence electrons. The summed E-state index contributed by atoms with van der Waals surface area (Å²) < 4.78 is 39.2. The van der Waals surface area contributed by atoms with Gasteiger partial charge in [-0.3, -0.25) is 4.79 Å². The van der Waals surface area contributed by atoms with Gasteiger partial charge >= 0.3 is 6.18 Å². The van der Waals surface area contributed by atoms with Crippen LogP contribution in [0, 0.1) is 11.8 Å². The van der Waals surface area contributed by atoms with E-state index >= 15 is 0 Å². The Morgan fingerprint density at radius 1 is 1.23 bits per heavy atom. The molecule has 1 saturated carbocycles. The monoisotopic (exact) mass is 422 g/mol. The van der Waals surface area contributed by atoms with Crippen molar-refractivity contribution < 1.29 is 23.1 Å². The van der Waals surface area contributed by atoms with E-state index in [0.717, 1.165) is 29.1 Å². The highest BCUT2D eigenvalue weighted by Crippen LogP contribution is 2.57. The summed E-state index contributed by atoms with van der Waals surface area (Å²) in [6.45, 7) is 2.83. The van der Waals surface area contributed by atoms with Crippen LogP contribution < -0.4 is 0 Å². The maximum absolute atomic E-state index is 13.1. The molecule has 1 amide bonds. The minimum Gasteiger partial charge on any atom is -0.373 e. The number of carbonyl (C=O) groups excluding carboxylic acids is 1. The Balaban J connectivity index is 1.49. The number of halogens is 3. The number of amides is 1. The zero-order valence-corrected chi connectivity index (χ0v) is 16.9. The summed E-state index contributed by atoms with van der Waals surface area (Å²) in [6, 6.07) is 9.67. The number of piperidine rings is 1. The first kappa shape index (κ1) is 20.8. The van der Waals surface area contributed by atoms with Gasteiger partial charge in [0, 0.05) is 24.1 Å². The summed E-state index contributed by atoms with van der Waals surface area (Å²) in [7, 11) is 0. The number of aromatic amines is 1. The summed E-state index contributed by atoms with van der Waals surface area (Å²) >= 11 is 0. The molecule has 1 aliphatic heterocycles. The van der Waals surface area contributed by atoms with E-state index in [4.69, 9.17) is 0 Å². The van der Waals surface area contributed by atoms with Gasteiger partial charge in [0.05, 0.1) is 0 Å². The molecule has 6 nitrogen and oxygen atoms in total. The first-order valence-electron chi connectivity index (χ1n) is 10.1. The van der Waals surface area contributed by atoms with Crippen LogP contribution in [-0.2, 0) is 10.2 Å². The highest BCUT2D eigenvalue weighted by Gasteiger charge is 2.59. The number of H-pyrrole nitrogens is 1. The third-order valence-electron chi connectivity index (χ3n) is 6.67. The molecule has 2 N–H and O–H groups in total. The second-order valence-corrected chi connectivity index (χ2v) is 8.74. The van der Waals surface area contributed by atoms with Gasteiger partial charge in [-0.2, -0.15) is 13.2 Å². The number of carbonyl (C=O) groups is 1. The molecule has 4 rings (SSSR count). The van der Waals surface area contributed by atoms with Crippen LogP contribution in [0.15, 0.2) is 30.3 Å². The lowest BCUT2D eigenvalue weighted by molar-refractivity contribution is -0.251. The molecule has 1 aromatic carbocycles. The lowest BCUT2D eigenvalue weighted by Gasteiger charge is -2.42. The van der Waals surface area contributed by atoms with Gasteiger partial charge in [0.2, 0.25) is 5.60 Å². The van der Waals surface area contributed by atoms with Gasteiger partial charge in [-0.05, 0) is 38.0 Å². The maximum Gasteiger partial charge on any atom is 0.426 e. The van der Waals surface area contributed by atoms with Crippen LogP contribution >= 0.6 is 0 Å². The van der Waals surface area contributed by atoms with E-state index in [1.54, 1.807) is 0 Å². The predicted octanol–water partition coefficient (Wildman–Crippen LogP) is 3.30. The zero-order valence-electron chi connectivity index (χ0n) is 16.9. The quantitative estimate of drug-likeness (QED) is 0.792. The summed E-state index contributed by atoms with van der Waals surface area (Å²) in [4.78, 5) is 16.8. The fraction of sp³-hybridized carbons (Fsp3) is 0.571. The van der Waals surface area contributed by atoms with E-state index in [0.29, 0.717) is 19.2 Å². The van der Waals surface area contributed by atoms with Crippen LogP contribution in [-0.4, -0.2) is 56.0 Å². The van der Waals surface area contributed by atoms with Crippen molar-refractivity contribution in [3.63, 3.8) is 0 Å². The molecule has 0 bridgehead atoms. The number of aromatic nitrogens is 3. The molecule has 30 heavy (non-hydrogen) atoms. The van der Waals surface area contributed by atoms with Crippen LogP contribution in [0.2, 0.25) is 0 Å². The van der Waals surface area contributed by atoms with E-state index in [2.05, 4.69) is 15.2 Å². The lowest BCUT2D eigenvalue weighted by atomic mass is 9.74. The molecule has 2 aliphatic rings. The van der Waals surface area contributed by atoms with E-state index in [1.807, 2.05) is 37.3 Å². The van der Waals surface area contributed by atoms with E-state index in [9.17, 15) is 23.1 Å². The molecule has 1 aliphatic carbocycles. The largest absolute Gasteiger partial charge is 0.426 e. The molecule has 2 aromatic rings. The minimum absolute atomic E-state index is 0.0282. The van der Waals surface area contributed by atoms with Gasteiger partial charge < -0.3 is 15.0 Å². The average molecular weight is 422 g/mol. The molecule has 9 heteroatoms. The third kappa shape index (κ3) is 3.38. The molecule has 0 unspecified atom stereocenters. The predicted molar refractivity (Wildman–Crippen MR) is 103 cm³/mol. The number of hydrogen-bond acceptors (Lipinski definition) is 4. The summed E-state index contributed by atoms with van der Waals surface area (Å²) in [5, 5.41) is 18.4. The molecular formula is C21H25F3N4O2. The molecular weight excluding hydrogens is 397 g/mol. The zero-order chi connectivity index (χ0) is 21.7. The smallest absolute Gasteiger partial charge is 0.373 e. The van der Waals surface area contributed by atoms with Crippen LogP contribution in [0.1, 0.15) is 38.9 Å². The number of aliphatic hydroxyl groups is 1. The van der Waals surface area contributed by atoms with Gasteiger partial charge in [-0.1, -0.05) is 37.3 Å². The first-order chi connectivity index (χ1) is 14.1. The standard InChI is InChI=1S/C21H25F3N4O2/c1-13-12-28(18(29)19(2,30)21(22,23)24)11-8-15(13)20(9-10-20)17-25-16(26-27-17)14-6-4-3-5-7-14/h3-7,13,15,30H,8-12H2,1-2H3,(H,25,26,27)/t13-,15+,19+/m0/s1. The second-order valence-electron chi connectivity index (χ2n) is 8.74. The van der Waals surface area contributed by atoms with Crippen molar-refractivity contribution in [2.24, 2.45) is 11.8 Å². The Kier molecular flexibility index (Phi) is 4.91. The van der Waals surface area contributed by atoms with E-state index in [1.165, 1.54) is 0 Å². The van der Waals surface area contributed by atoms with Crippen molar-refractivity contribution in [3.8, 4) is 11.4 Å². The Morgan fingerprint density at radius 3 is 2.47 bits per heavy atom. The number of rotatable bonds is 4. The van der Waals surface area contributed by atoms with Gasteiger partial charge in [0.1, 0.15) is 5.82 Å². The molecule has 2 fully saturated rings. The Hall–Kier alpha value is -2.42. The van der Waals surface area contributed by atoms with Crippen LogP contribution in [0.3, 0.4) is 0 Å². The van der Waals surface area contributed by atoms with Crippen molar-refractivity contribution in [1.82, 2.24) is 20.1 Å². The number of benzene rings is 1. The highest BCUT2D eigenvalue weighted by molar-refractivity contribution is 5.85. The van der Waals surface area contributed by atoms with Crippen LogP contribution in [0.5, 0.6) is 0 Å². The Labute approximate surface area is 172 Å². The molecule has 1 aromatic heterocycles. The highest BCUT2D eigenvalue weighted by atomic mass is 19.4. The van der Waals surface area contributed by atoms with Crippen molar-refractivity contribution in [3.05, 3.63) is 36.2 Å². The summed E-state index contributed by atoms with van der Waals surface area (Å²) in [5.74, 6) is 0.364. The van der Waals surface area contributed by atoms with E-state index in [-0.39, 0.29) is 30.3 Å². The van der Waals surface area contributed by atoms with Crippen molar-refractivity contribution in [2.75, 3.05) is 13.1 Å². The summed E-state index contributed by atoms with van der Waals surface area (Å²) in [6.07, 6.45) is -2.59. The second kappa shape index (κ2) is 7.08. The Morgan fingerprint density at radius 2 is 1.90 bits per heavy atom. The molecule has 2 heterocycles. The van der Waals surface area contributed by atoms with E-state index < -0.39 is 17.7 Å². The maximum atomic E-state index is 13.1. The average Bonchev–Trinajstić information content (AvgIpc) is 3.35. The third-order valence-corrected chi connectivity index (χ3v) is 6.67. The number of hydrogen-bond donors (Lipinski definition) is 2. The van der Waals surface area contributed by atoms with Gasteiger partial charge in [0.15, 0.2) is 5.82 Å². The lowest BCUT2D eigenvalue weighted by Crippen LogP contribution is -2.59. The Bertz CT molecular complexity index is 922. The molecule has 0 spiro atoms. The molecule has 3 atom stereocenters. The minimum atomic E-state index is -5.00.